The molecule has 0 amide bonds. The fourth-order valence-electron chi connectivity index (χ4n) is 1.64. The lowest BCUT2D eigenvalue weighted by atomic mass is 10.2. The van der Waals surface area contributed by atoms with Gasteiger partial charge in [0, 0.05) is 0 Å². The molecule has 106 valence electrons. The van der Waals surface area contributed by atoms with Crippen LogP contribution in [-0.4, -0.2) is 9.97 Å². The molecule has 0 radical (unpaired) electrons. The van der Waals surface area contributed by atoms with Crippen LogP contribution < -0.4 is 10.3 Å². The molecular weight excluding hydrogens is 273 g/mol. The van der Waals surface area contributed by atoms with Crippen molar-refractivity contribution >= 4 is 0 Å². The lowest BCUT2D eigenvalue weighted by Gasteiger charge is -2.13. The number of halogens is 3. The minimum atomic E-state index is -4.77. The fraction of sp³-hybridized carbons (Fsp3) is 0.231. The number of nitrogens with zero attached hydrogens (tertiary/aromatic N) is 1. The van der Waals surface area contributed by atoms with E-state index < -0.39 is 23.2 Å². The number of aromatic amines is 1. The largest absolute Gasteiger partial charge is 0.449 e. The van der Waals surface area contributed by atoms with Crippen LogP contribution in [0.2, 0.25) is 0 Å². The van der Waals surface area contributed by atoms with Gasteiger partial charge in [-0.1, -0.05) is 18.2 Å². The number of hydrogen-bond acceptors (Lipinski definition) is 3. The Hall–Kier alpha value is -2.31. The van der Waals surface area contributed by atoms with E-state index in [1.807, 2.05) is 0 Å². The summed E-state index contributed by atoms with van der Waals surface area (Å²) in [5, 5.41) is 0. The lowest BCUT2D eigenvalue weighted by molar-refractivity contribution is -0.142. The van der Waals surface area contributed by atoms with Gasteiger partial charge >= 0.3 is 6.18 Å². The molecule has 0 spiro atoms. The van der Waals surface area contributed by atoms with Gasteiger partial charge in [-0.15, -0.1) is 0 Å². The molecule has 0 bridgehead atoms. The van der Waals surface area contributed by atoms with E-state index in [1.165, 1.54) is 13.0 Å². The van der Waals surface area contributed by atoms with Crippen LogP contribution in [0.4, 0.5) is 13.2 Å². The van der Waals surface area contributed by atoms with E-state index in [1.54, 1.807) is 25.1 Å². The van der Waals surface area contributed by atoms with Crippen LogP contribution in [-0.2, 0) is 6.18 Å². The van der Waals surface area contributed by atoms with E-state index in [0.717, 1.165) is 0 Å². The number of benzene rings is 1. The predicted molar refractivity (Wildman–Crippen MR) is 65.8 cm³/mol. The van der Waals surface area contributed by atoms with Gasteiger partial charge in [0.2, 0.25) is 5.75 Å². The van der Waals surface area contributed by atoms with Crippen LogP contribution in [0.3, 0.4) is 0 Å². The summed E-state index contributed by atoms with van der Waals surface area (Å²) in [5.74, 6) is -0.800. The Bertz CT molecular complexity index is 693. The molecule has 0 unspecified atom stereocenters. The molecule has 0 saturated heterocycles. The number of alkyl halides is 3. The first-order valence-corrected chi connectivity index (χ1v) is 5.70. The van der Waals surface area contributed by atoms with Gasteiger partial charge in [-0.3, -0.25) is 4.79 Å². The van der Waals surface area contributed by atoms with Crippen molar-refractivity contribution in [3.05, 3.63) is 51.7 Å². The molecule has 2 rings (SSSR count). The quantitative estimate of drug-likeness (QED) is 0.921. The van der Waals surface area contributed by atoms with Crippen molar-refractivity contribution in [3.63, 3.8) is 0 Å². The van der Waals surface area contributed by atoms with Gasteiger partial charge in [0.1, 0.15) is 11.6 Å². The third-order valence-corrected chi connectivity index (χ3v) is 2.57. The number of para-hydroxylation sites is 1. The molecule has 1 aromatic heterocycles. The molecule has 0 saturated carbocycles. The minimum Gasteiger partial charge on any atom is -0.449 e. The standard InChI is InChI=1S/C13H11F3N2O2/c1-7-5-3-4-6-9(7)20-10-11(13(14,15)16)17-8(2)18-12(10)19/h3-6H,1-2H3,(H,17,18,19). The maximum atomic E-state index is 12.9. The van der Waals surface area contributed by atoms with Crippen molar-refractivity contribution in [2.75, 3.05) is 0 Å². The second-order valence-electron chi connectivity index (χ2n) is 4.19. The number of ether oxygens (including phenoxy) is 1. The number of aryl methyl sites for hydroxylation is 2. The fourth-order valence-corrected chi connectivity index (χ4v) is 1.64. The summed E-state index contributed by atoms with van der Waals surface area (Å²) in [4.78, 5) is 17.2. The van der Waals surface area contributed by atoms with Crippen molar-refractivity contribution < 1.29 is 17.9 Å². The van der Waals surface area contributed by atoms with Gasteiger partial charge < -0.3 is 9.72 Å². The molecule has 0 fully saturated rings. The molecule has 1 heterocycles. The zero-order valence-corrected chi connectivity index (χ0v) is 10.7. The summed E-state index contributed by atoms with van der Waals surface area (Å²) in [6.45, 7) is 2.94. The number of nitrogens with one attached hydrogen (secondary N) is 1. The van der Waals surface area contributed by atoms with Crippen LogP contribution in [0, 0.1) is 13.8 Å². The Balaban J connectivity index is 2.57. The highest BCUT2D eigenvalue weighted by atomic mass is 19.4. The summed E-state index contributed by atoms with van der Waals surface area (Å²) in [5.41, 5.74) is -1.68. The SMILES string of the molecule is Cc1nc(C(F)(F)F)c(Oc2ccccc2C)c(=O)[nH]1. The van der Waals surface area contributed by atoms with Gasteiger partial charge in [0.15, 0.2) is 5.69 Å². The van der Waals surface area contributed by atoms with Crippen LogP contribution in [0.15, 0.2) is 29.1 Å². The van der Waals surface area contributed by atoms with E-state index in [4.69, 9.17) is 4.74 Å². The summed E-state index contributed by atoms with van der Waals surface area (Å²) in [6.07, 6.45) is -4.77. The third-order valence-electron chi connectivity index (χ3n) is 2.57. The number of aromatic nitrogens is 2. The Morgan fingerprint density at radius 1 is 1.20 bits per heavy atom. The molecule has 0 aliphatic carbocycles. The van der Waals surface area contributed by atoms with E-state index in [-0.39, 0.29) is 11.6 Å². The number of hydrogen-bond donors (Lipinski definition) is 1. The highest BCUT2D eigenvalue weighted by Crippen LogP contribution is 2.35. The molecule has 1 aromatic carbocycles. The zero-order chi connectivity index (χ0) is 14.9. The topological polar surface area (TPSA) is 55.0 Å². The molecule has 0 aliphatic heterocycles. The minimum absolute atomic E-state index is 0.126. The summed E-state index contributed by atoms with van der Waals surface area (Å²) < 4.78 is 43.9. The van der Waals surface area contributed by atoms with Gasteiger partial charge in [-0.05, 0) is 25.5 Å². The van der Waals surface area contributed by atoms with Crippen molar-refractivity contribution in [1.29, 1.82) is 0 Å². The van der Waals surface area contributed by atoms with E-state index >= 15 is 0 Å². The van der Waals surface area contributed by atoms with Gasteiger partial charge in [-0.2, -0.15) is 13.2 Å². The molecule has 4 nitrogen and oxygen atoms in total. The Labute approximate surface area is 112 Å². The monoisotopic (exact) mass is 284 g/mol. The van der Waals surface area contributed by atoms with Crippen molar-refractivity contribution in [2.24, 2.45) is 0 Å². The third kappa shape index (κ3) is 2.81. The Kier molecular flexibility index (Phi) is 3.52. The summed E-state index contributed by atoms with van der Waals surface area (Å²) in [7, 11) is 0. The average molecular weight is 284 g/mol. The summed E-state index contributed by atoms with van der Waals surface area (Å²) in [6, 6.07) is 6.46. The van der Waals surface area contributed by atoms with Crippen LogP contribution in [0.1, 0.15) is 17.1 Å². The molecule has 0 aliphatic rings. The number of H-pyrrole nitrogens is 1. The molecule has 20 heavy (non-hydrogen) atoms. The summed E-state index contributed by atoms with van der Waals surface area (Å²) >= 11 is 0. The molecule has 1 N–H and O–H groups in total. The van der Waals surface area contributed by atoms with Crippen molar-refractivity contribution in [3.8, 4) is 11.5 Å². The maximum absolute atomic E-state index is 12.9. The van der Waals surface area contributed by atoms with Crippen LogP contribution >= 0.6 is 0 Å². The second-order valence-corrected chi connectivity index (χ2v) is 4.19. The highest BCUT2D eigenvalue weighted by Gasteiger charge is 2.38. The van der Waals surface area contributed by atoms with Crippen molar-refractivity contribution in [2.45, 2.75) is 20.0 Å². The molecule has 2 aromatic rings. The van der Waals surface area contributed by atoms with E-state index in [0.29, 0.717) is 5.56 Å². The van der Waals surface area contributed by atoms with Gasteiger partial charge in [0.05, 0.1) is 0 Å². The molecule has 7 heteroatoms. The van der Waals surface area contributed by atoms with Crippen LogP contribution in [0.25, 0.3) is 0 Å². The second kappa shape index (κ2) is 4.99. The normalized spacial score (nSPS) is 11.4. The highest BCUT2D eigenvalue weighted by molar-refractivity contribution is 5.38. The van der Waals surface area contributed by atoms with E-state index in [9.17, 15) is 18.0 Å². The first-order valence-electron chi connectivity index (χ1n) is 5.70. The maximum Gasteiger partial charge on any atom is 0.437 e. The molecule has 0 atom stereocenters. The molecular formula is C13H11F3N2O2. The lowest BCUT2D eigenvalue weighted by Crippen LogP contribution is -2.21. The average Bonchev–Trinajstić information content (AvgIpc) is 2.33. The number of rotatable bonds is 2. The smallest absolute Gasteiger partial charge is 0.437 e. The van der Waals surface area contributed by atoms with E-state index in [2.05, 4.69) is 9.97 Å². The van der Waals surface area contributed by atoms with Gasteiger partial charge in [0.25, 0.3) is 5.56 Å². The first-order chi connectivity index (χ1) is 9.29. The Morgan fingerprint density at radius 2 is 1.85 bits per heavy atom. The predicted octanol–water partition coefficient (Wildman–Crippen LogP) is 3.20. The van der Waals surface area contributed by atoms with Crippen molar-refractivity contribution in [1.82, 2.24) is 9.97 Å². The Morgan fingerprint density at radius 3 is 2.45 bits per heavy atom. The first kappa shape index (κ1) is 14.1. The van der Waals surface area contributed by atoms with Gasteiger partial charge in [-0.25, -0.2) is 4.98 Å². The van der Waals surface area contributed by atoms with Crippen LogP contribution in [0.5, 0.6) is 11.5 Å². The zero-order valence-electron chi connectivity index (χ0n) is 10.7.